The first-order valence-electron chi connectivity index (χ1n) is 6.82. The predicted octanol–water partition coefficient (Wildman–Crippen LogP) is 4.12. The molecule has 0 unspecified atom stereocenters. The maximum atomic E-state index is 2.37. The number of fused-ring (bicyclic) bond motifs is 1. The van der Waals surface area contributed by atoms with Crippen molar-refractivity contribution in [3.63, 3.8) is 0 Å². The van der Waals surface area contributed by atoms with E-state index in [4.69, 9.17) is 0 Å². The van der Waals surface area contributed by atoms with Gasteiger partial charge in [0.2, 0.25) is 0 Å². The number of aromatic nitrogens is 2. The number of para-hydroxylation sites is 1. The fourth-order valence-electron chi connectivity index (χ4n) is 2.67. The van der Waals surface area contributed by atoms with Crippen LogP contribution in [-0.4, -0.2) is 10.3 Å². The molecule has 0 aliphatic carbocycles. The summed E-state index contributed by atoms with van der Waals surface area (Å²) in [5.74, 6) is 1.16. The summed E-state index contributed by atoms with van der Waals surface area (Å²) in [7, 11) is 0. The molecule has 0 saturated carbocycles. The van der Waals surface area contributed by atoms with Crippen molar-refractivity contribution in [3.8, 4) is 16.9 Å². The highest BCUT2D eigenvalue weighted by Crippen LogP contribution is 2.31. The Kier molecular flexibility index (Phi) is 4.17. The normalized spacial score (nSPS) is 12.8. The molecular formula is C17H16BrN2S+. The lowest BCUT2D eigenvalue weighted by atomic mass is 10.1. The third-order valence-corrected chi connectivity index (χ3v) is 4.67. The predicted molar refractivity (Wildman–Crippen MR) is 92.4 cm³/mol. The third-order valence-electron chi connectivity index (χ3n) is 3.60. The summed E-state index contributed by atoms with van der Waals surface area (Å²) in [5.41, 5.74) is 3.76. The monoisotopic (exact) mass is 359 g/mol. The van der Waals surface area contributed by atoms with Crippen molar-refractivity contribution in [2.24, 2.45) is 0 Å². The number of halogens is 1. The van der Waals surface area contributed by atoms with Crippen LogP contribution in [0, 0.1) is 0 Å². The molecule has 0 amide bonds. The van der Waals surface area contributed by atoms with Crippen LogP contribution < -0.4 is 4.57 Å². The van der Waals surface area contributed by atoms with E-state index in [0.29, 0.717) is 0 Å². The van der Waals surface area contributed by atoms with Crippen molar-refractivity contribution in [3.05, 3.63) is 66.9 Å². The van der Waals surface area contributed by atoms with Crippen LogP contribution in [0.25, 0.3) is 16.9 Å². The van der Waals surface area contributed by atoms with E-state index >= 15 is 0 Å². The summed E-state index contributed by atoms with van der Waals surface area (Å²) in [6, 6.07) is 21.2. The maximum absolute atomic E-state index is 2.37. The van der Waals surface area contributed by atoms with Gasteiger partial charge in [0.15, 0.2) is 5.69 Å². The van der Waals surface area contributed by atoms with Crippen LogP contribution in [0.1, 0.15) is 0 Å². The quantitative estimate of drug-likeness (QED) is 0.625. The molecule has 3 aromatic rings. The summed E-state index contributed by atoms with van der Waals surface area (Å²) in [6.07, 6.45) is 2.28. The van der Waals surface area contributed by atoms with E-state index in [-0.39, 0.29) is 17.0 Å². The highest BCUT2D eigenvalue weighted by Gasteiger charge is 2.30. The zero-order chi connectivity index (χ0) is 13.4. The Morgan fingerprint density at radius 3 is 2.29 bits per heavy atom. The molecule has 2 aromatic carbocycles. The van der Waals surface area contributed by atoms with Gasteiger partial charge >= 0.3 is 5.16 Å². The number of hydrogen-bond donors (Lipinski definition) is 0. The minimum absolute atomic E-state index is 0. The van der Waals surface area contributed by atoms with Crippen LogP contribution in [0.4, 0.5) is 0 Å². The van der Waals surface area contributed by atoms with Gasteiger partial charge in [0.05, 0.1) is 0 Å². The zero-order valence-electron chi connectivity index (χ0n) is 11.5. The molecule has 106 valence electrons. The van der Waals surface area contributed by atoms with Crippen LogP contribution in [0.3, 0.4) is 0 Å². The van der Waals surface area contributed by atoms with E-state index in [1.54, 1.807) is 0 Å². The van der Waals surface area contributed by atoms with Crippen LogP contribution in [0.2, 0.25) is 0 Å². The first-order valence-corrected chi connectivity index (χ1v) is 7.81. The first kappa shape index (κ1) is 14.4. The van der Waals surface area contributed by atoms with Crippen molar-refractivity contribution in [1.29, 1.82) is 0 Å². The molecule has 4 heteroatoms. The first-order chi connectivity index (χ1) is 9.93. The van der Waals surface area contributed by atoms with Crippen LogP contribution in [0.15, 0.2) is 72.0 Å². The van der Waals surface area contributed by atoms with Gasteiger partial charge in [-0.1, -0.05) is 48.5 Å². The molecule has 21 heavy (non-hydrogen) atoms. The molecule has 0 radical (unpaired) electrons. The second-order valence-corrected chi connectivity index (χ2v) is 5.94. The third kappa shape index (κ3) is 2.54. The minimum Gasteiger partial charge on any atom is -0.223 e. The van der Waals surface area contributed by atoms with Crippen LogP contribution in [0.5, 0.6) is 0 Å². The van der Waals surface area contributed by atoms with E-state index in [0.717, 1.165) is 12.3 Å². The Bertz CT molecular complexity index is 738. The van der Waals surface area contributed by atoms with E-state index in [2.05, 4.69) is 76.0 Å². The fraction of sp³-hybridized carbons (Fsp3) is 0.118. The number of aryl methyl sites for hydroxylation is 1. The van der Waals surface area contributed by atoms with Gasteiger partial charge < -0.3 is 0 Å². The fourth-order valence-corrected chi connectivity index (χ4v) is 3.79. The van der Waals surface area contributed by atoms with Gasteiger partial charge in [0.25, 0.3) is 0 Å². The average Bonchev–Trinajstić information content (AvgIpc) is 3.09. The summed E-state index contributed by atoms with van der Waals surface area (Å²) < 4.78 is 4.73. The van der Waals surface area contributed by atoms with Crippen molar-refractivity contribution < 1.29 is 4.57 Å². The topological polar surface area (TPSA) is 8.81 Å². The highest BCUT2D eigenvalue weighted by atomic mass is 79.9. The van der Waals surface area contributed by atoms with Crippen LogP contribution in [-0.2, 0) is 6.54 Å². The summed E-state index contributed by atoms with van der Waals surface area (Å²) in [5, 5.41) is 1.33. The van der Waals surface area contributed by atoms with E-state index in [9.17, 15) is 0 Å². The largest absolute Gasteiger partial charge is 0.323 e. The molecule has 0 fully saturated rings. The van der Waals surface area contributed by atoms with Gasteiger partial charge in [-0.3, -0.25) is 0 Å². The molecule has 4 rings (SSSR count). The van der Waals surface area contributed by atoms with Crippen molar-refractivity contribution in [1.82, 2.24) is 4.57 Å². The maximum Gasteiger partial charge on any atom is 0.323 e. The molecule has 0 N–H and O–H groups in total. The minimum atomic E-state index is 0. The summed E-state index contributed by atoms with van der Waals surface area (Å²) in [6.45, 7) is 1.10. The molecule has 1 aromatic heterocycles. The lowest BCUT2D eigenvalue weighted by Gasteiger charge is -2.03. The van der Waals surface area contributed by atoms with Crippen molar-refractivity contribution in [2.45, 2.75) is 11.7 Å². The van der Waals surface area contributed by atoms with Crippen molar-refractivity contribution in [2.75, 3.05) is 5.75 Å². The Balaban J connectivity index is 0.00000132. The summed E-state index contributed by atoms with van der Waals surface area (Å²) >= 11 is 1.93. The van der Waals surface area contributed by atoms with E-state index in [1.807, 2.05) is 11.8 Å². The van der Waals surface area contributed by atoms with Crippen LogP contribution >= 0.6 is 28.7 Å². The molecular weight excluding hydrogens is 344 g/mol. The molecule has 0 bridgehead atoms. The van der Waals surface area contributed by atoms with Gasteiger partial charge in [-0.15, -0.1) is 17.0 Å². The second kappa shape index (κ2) is 6.08. The van der Waals surface area contributed by atoms with Gasteiger partial charge in [-0.2, -0.15) is 4.57 Å². The average molecular weight is 360 g/mol. The molecule has 0 saturated heterocycles. The van der Waals surface area contributed by atoms with Gasteiger partial charge in [-0.25, -0.2) is 4.57 Å². The van der Waals surface area contributed by atoms with Gasteiger partial charge in [-0.05, 0) is 23.9 Å². The standard InChI is InChI=1S/C17H15N2S.BrH/c1-3-7-14(8-4-1)16-13-18-11-12-20-17(18)19(16)15-9-5-2-6-10-15;/h1-10,13H,11-12H2;1H/q+1;. The molecule has 2 nitrogen and oxygen atoms in total. The number of nitrogens with zero attached hydrogens (tertiary/aromatic N) is 2. The van der Waals surface area contributed by atoms with E-state index in [1.165, 1.54) is 22.1 Å². The molecule has 2 heterocycles. The number of rotatable bonds is 2. The number of thioether (sulfide) groups is 1. The summed E-state index contributed by atoms with van der Waals surface area (Å²) in [4.78, 5) is 0. The Morgan fingerprint density at radius 2 is 1.57 bits per heavy atom. The molecule has 0 atom stereocenters. The van der Waals surface area contributed by atoms with E-state index < -0.39 is 0 Å². The second-order valence-electron chi connectivity index (χ2n) is 4.88. The Labute approximate surface area is 139 Å². The number of benzene rings is 2. The Hall–Kier alpha value is -1.52. The number of hydrogen-bond acceptors (Lipinski definition) is 1. The van der Waals surface area contributed by atoms with Gasteiger partial charge in [0.1, 0.15) is 18.4 Å². The van der Waals surface area contributed by atoms with Crippen molar-refractivity contribution >= 4 is 28.7 Å². The number of imidazole rings is 1. The molecule has 0 spiro atoms. The Morgan fingerprint density at radius 1 is 0.905 bits per heavy atom. The zero-order valence-corrected chi connectivity index (χ0v) is 14.0. The molecule has 1 aliphatic rings. The lowest BCUT2D eigenvalue weighted by Crippen LogP contribution is -2.30. The smallest absolute Gasteiger partial charge is 0.223 e. The lowest BCUT2D eigenvalue weighted by molar-refractivity contribution is -0.723. The molecule has 1 aliphatic heterocycles. The SMILES string of the molecule is Br.c1ccc(-c2c[n+]3c(n2-c2ccccc2)SCC3)cc1. The van der Waals surface area contributed by atoms with Gasteiger partial charge in [0, 0.05) is 11.3 Å². The highest BCUT2D eigenvalue weighted by molar-refractivity contribution is 8.93.